The summed E-state index contributed by atoms with van der Waals surface area (Å²) in [6.07, 6.45) is 8.06. The van der Waals surface area contributed by atoms with Gasteiger partial charge in [0.2, 0.25) is 5.91 Å². The topological polar surface area (TPSA) is 70.1 Å². The van der Waals surface area contributed by atoms with Crippen LogP contribution in [0.25, 0.3) is 0 Å². The highest BCUT2D eigenvalue weighted by molar-refractivity contribution is 5.83. The average molecular weight is 219 g/mol. The maximum absolute atomic E-state index is 12.1. The molecule has 1 fully saturated rings. The highest BCUT2D eigenvalue weighted by Gasteiger charge is 2.33. The van der Waals surface area contributed by atoms with Crippen LogP contribution in [0.2, 0.25) is 0 Å². The standard InChI is InChI=1S/C12H17N3O/c13-8-10-6-3-7-15(10)12(16)11(14)9-4-1-2-5-9/h3,6,9-11H,1-2,4-5,7,14H2. The van der Waals surface area contributed by atoms with Crippen LogP contribution in [0, 0.1) is 17.2 Å². The molecule has 1 heterocycles. The van der Waals surface area contributed by atoms with Crippen LogP contribution in [0.1, 0.15) is 25.7 Å². The van der Waals surface area contributed by atoms with E-state index in [0.29, 0.717) is 12.5 Å². The molecule has 2 N–H and O–H groups in total. The van der Waals surface area contributed by atoms with Crippen LogP contribution < -0.4 is 5.73 Å². The molecular formula is C12H17N3O. The summed E-state index contributed by atoms with van der Waals surface area (Å²) in [6, 6.07) is 1.27. The molecule has 0 saturated heterocycles. The second-order valence-corrected chi connectivity index (χ2v) is 4.56. The molecule has 1 aliphatic carbocycles. The van der Waals surface area contributed by atoms with Gasteiger partial charge in [-0.05, 0) is 24.8 Å². The first kappa shape index (κ1) is 11.2. The second-order valence-electron chi connectivity index (χ2n) is 4.56. The highest BCUT2D eigenvalue weighted by atomic mass is 16.2. The third-order valence-corrected chi connectivity index (χ3v) is 3.56. The first-order valence-electron chi connectivity index (χ1n) is 5.86. The van der Waals surface area contributed by atoms with Crippen LogP contribution in [0.4, 0.5) is 0 Å². The van der Waals surface area contributed by atoms with Crippen molar-refractivity contribution in [2.75, 3.05) is 6.54 Å². The molecule has 1 saturated carbocycles. The summed E-state index contributed by atoms with van der Waals surface area (Å²) >= 11 is 0. The van der Waals surface area contributed by atoms with Gasteiger partial charge in [0.1, 0.15) is 6.04 Å². The number of carbonyl (C=O) groups is 1. The molecule has 2 rings (SSSR count). The molecule has 4 heteroatoms. The van der Waals surface area contributed by atoms with Crippen molar-refractivity contribution in [3.63, 3.8) is 0 Å². The van der Waals surface area contributed by atoms with Crippen LogP contribution in [-0.4, -0.2) is 29.4 Å². The molecule has 0 aromatic rings. The number of carbonyl (C=O) groups excluding carboxylic acids is 1. The molecule has 2 atom stereocenters. The van der Waals surface area contributed by atoms with E-state index < -0.39 is 12.1 Å². The predicted octanol–water partition coefficient (Wildman–Crippen LogP) is 0.794. The Hall–Kier alpha value is -1.34. The van der Waals surface area contributed by atoms with Crippen molar-refractivity contribution in [1.29, 1.82) is 5.26 Å². The van der Waals surface area contributed by atoms with Gasteiger partial charge in [-0.15, -0.1) is 0 Å². The van der Waals surface area contributed by atoms with E-state index >= 15 is 0 Å². The Bertz CT molecular complexity index is 339. The van der Waals surface area contributed by atoms with Crippen LogP contribution in [-0.2, 0) is 4.79 Å². The van der Waals surface area contributed by atoms with Gasteiger partial charge in [0.15, 0.2) is 0 Å². The molecule has 2 aliphatic rings. The van der Waals surface area contributed by atoms with Gasteiger partial charge in [-0.2, -0.15) is 5.26 Å². The highest BCUT2D eigenvalue weighted by Crippen LogP contribution is 2.28. The number of amides is 1. The number of hydrogen-bond donors (Lipinski definition) is 1. The Labute approximate surface area is 95.7 Å². The third-order valence-electron chi connectivity index (χ3n) is 3.56. The lowest BCUT2D eigenvalue weighted by Crippen LogP contribution is -2.48. The second kappa shape index (κ2) is 4.67. The molecule has 86 valence electrons. The number of nitriles is 1. The first-order chi connectivity index (χ1) is 7.74. The van der Waals surface area contributed by atoms with Gasteiger partial charge in [0.05, 0.1) is 12.1 Å². The van der Waals surface area contributed by atoms with E-state index in [4.69, 9.17) is 11.0 Å². The Kier molecular flexibility index (Phi) is 3.25. The van der Waals surface area contributed by atoms with E-state index in [0.717, 1.165) is 12.8 Å². The zero-order chi connectivity index (χ0) is 11.5. The van der Waals surface area contributed by atoms with Crippen LogP contribution >= 0.6 is 0 Å². The summed E-state index contributed by atoms with van der Waals surface area (Å²) in [5.74, 6) is 0.246. The lowest BCUT2D eigenvalue weighted by molar-refractivity contribution is -0.133. The number of hydrogen-bond acceptors (Lipinski definition) is 3. The fourth-order valence-electron chi connectivity index (χ4n) is 2.57. The van der Waals surface area contributed by atoms with Crippen molar-refractivity contribution < 1.29 is 4.79 Å². The minimum absolute atomic E-state index is 0.0662. The van der Waals surface area contributed by atoms with Crippen molar-refractivity contribution in [1.82, 2.24) is 4.90 Å². The Morgan fingerprint density at radius 2 is 2.19 bits per heavy atom. The molecule has 0 aromatic carbocycles. The van der Waals surface area contributed by atoms with Crippen LogP contribution in [0.3, 0.4) is 0 Å². The van der Waals surface area contributed by atoms with E-state index in [1.54, 1.807) is 11.0 Å². The molecule has 0 radical (unpaired) electrons. The number of nitrogens with zero attached hydrogens (tertiary/aromatic N) is 2. The molecule has 1 amide bonds. The van der Waals surface area contributed by atoms with E-state index in [9.17, 15) is 4.79 Å². The smallest absolute Gasteiger partial charge is 0.241 e. The zero-order valence-corrected chi connectivity index (χ0v) is 9.30. The number of nitrogens with two attached hydrogens (primary N) is 1. The molecule has 4 nitrogen and oxygen atoms in total. The summed E-state index contributed by atoms with van der Waals surface area (Å²) in [5, 5.41) is 8.90. The van der Waals surface area contributed by atoms with Crippen molar-refractivity contribution in [2.24, 2.45) is 11.7 Å². The summed E-state index contributed by atoms with van der Waals surface area (Å²) in [4.78, 5) is 13.7. The van der Waals surface area contributed by atoms with E-state index in [1.165, 1.54) is 12.8 Å². The zero-order valence-electron chi connectivity index (χ0n) is 9.30. The Balaban J connectivity index is 1.99. The summed E-state index contributed by atoms with van der Waals surface area (Å²) < 4.78 is 0. The SMILES string of the molecule is N#CC1C=CCN1C(=O)C(N)C1CCCC1. The average Bonchev–Trinajstić information content (AvgIpc) is 2.97. The van der Waals surface area contributed by atoms with Crippen molar-refractivity contribution in [2.45, 2.75) is 37.8 Å². The minimum atomic E-state index is -0.418. The van der Waals surface area contributed by atoms with Crippen LogP contribution in [0.5, 0.6) is 0 Å². The number of rotatable bonds is 2. The first-order valence-corrected chi connectivity index (χ1v) is 5.86. The summed E-state index contributed by atoms with van der Waals surface area (Å²) in [7, 11) is 0. The van der Waals surface area contributed by atoms with Gasteiger partial charge in [-0.3, -0.25) is 4.79 Å². The fraction of sp³-hybridized carbons (Fsp3) is 0.667. The predicted molar refractivity (Wildman–Crippen MR) is 60.2 cm³/mol. The largest absolute Gasteiger partial charge is 0.320 e. The fourth-order valence-corrected chi connectivity index (χ4v) is 2.57. The molecule has 2 unspecified atom stereocenters. The van der Waals surface area contributed by atoms with Gasteiger partial charge in [0, 0.05) is 6.54 Å². The molecular weight excluding hydrogens is 202 g/mol. The third kappa shape index (κ3) is 1.96. The quantitative estimate of drug-likeness (QED) is 0.698. The maximum atomic E-state index is 12.1. The van der Waals surface area contributed by atoms with Crippen molar-refractivity contribution >= 4 is 5.91 Å². The molecule has 0 bridgehead atoms. The van der Waals surface area contributed by atoms with Gasteiger partial charge in [0.25, 0.3) is 0 Å². The van der Waals surface area contributed by atoms with Crippen molar-refractivity contribution in [3.05, 3.63) is 12.2 Å². The maximum Gasteiger partial charge on any atom is 0.241 e. The van der Waals surface area contributed by atoms with Crippen molar-refractivity contribution in [3.8, 4) is 6.07 Å². The Morgan fingerprint density at radius 3 is 2.81 bits per heavy atom. The lowest BCUT2D eigenvalue weighted by Gasteiger charge is -2.26. The molecule has 0 aromatic heterocycles. The molecule has 16 heavy (non-hydrogen) atoms. The van der Waals surface area contributed by atoms with E-state index in [-0.39, 0.29) is 5.91 Å². The normalized spacial score (nSPS) is 27.0. The molecule has 1 aliphatic heterocycles. The summed E-state index contributed by atoms with van der Waals surface area (Å²) in [5.41, 5.74) is 5.99. The monoisotopic (exact) mass is 219 g/mol. The van der Waals surface area contributed by atoms with Gasteiger partial charge < -0.3 is 10.6 Å². The molecule has 0 spiro atoms. The lowest BCUT2D eigenvalue weighted by atomic mass is 9.97. The van der Waals surface area contributed by atoms with Gasteiger partial charge in [-0.1, -0.05) is 18.9 Å². The minimum Gasteiger partial charge on any atom is -0.320 e. The Morgan fingerprint density at radius 1 is 1.50 bits per heavy atom. The van der Waals surface area contributed by atoms with Crippen LogP contribution in [0.15, 0.2) is 12.2 Å². The van der Waals surface area contributed by atoms with E-state index in [1.807, 2.05) is 6.08 Å². The van der Waals surface area contributed by atoms with E-state index in [2.05, 4.69) is 6.07 Å². The summed E-state index contributed by atoms with van der Waals surface area (Å²) in [6.45, 7) is 0.525. The van der Waals surface area contributed by atoms with Gasteiger partial charge >= 0.3 is 0 Å². The van der Waals surface area contributed by atoms with Gasteiger partial charge in [-0.25, -0.2) is 0 Å².